The quantitative estimate of drug-likeness (QED) is 0.804. The third kappa shape index (κ3) is 3.08. The lowest BCUT2D eigenvalue weighted by Crippen LogP contribution is -2.52. The summed E-state index contributed by atoms with van der Waals surface area (Å²) in [5.74, 6) is -2.19. The Morgan fingerprint density at radius 1 is 1.50 bits per heavy atom. The Bertz CT molecular complexity index is 527. The summed E-state index contributed by atoms with van der Waals surface area (Å²) in [4.78, 5) is 13.4. The van der Waals surface area contributed by atoms with Gasteiger partial charge in [0.25, 0.3) is 0 Å². The monoisotopic (exact) mass is 304 g/mol. The summed E-state index contributed by atoms with van der Waals surface area (Å²) < 4.78 is 27.3. The Balaban J connectivity index is 2.11. The molecule has 1 aliphatic rings. The fraction of sp³-hybridized carbons (Fsp3) is 0.462. The van der Waals surface area contributed by atoms with E-state index in [0.717, 1.165) is 12.1 Å². The van der Waals surface area contributed by atoms with Crippen LogP contribution in [-0.2, 0) is 11.2 Å². The number of β-amino-alcohol motifs (C(OH)–C–C–N with tert-alkyl or cyclic N) is 1. The van der Waals surface area contributed by atoms with Crippen molar-refractivity contribution in [1.82, 2.24) is 4.90 Å². The number of aliphatic hydroxyl groups excluding tert-OH is 1. The maximum Gasteiger partial charge on any atom is 0.227 e. The molecule has 1 aromatic carbocycles. The van der Waals surface area contributed by atoms with Gasteiger partial charge in [0, 0.05) is 24.7 Å². The molecule has 1 heterocycles. The number of carbonyl (C=O) groups excluding carboxylic acids is 1. The highest BCUT2D eigenvalue weighted by Gasteiger charge is 2.28. The van der Waals surface area contributed by atoms with E-state index in [1.165, 1.54) is 4.90 Å². The first kappa shape index (κ1) is 15.2. The molecule has 0 bridgehead atoms. The van der Waals surface area contributed by atoms with Crippen LogP contribution >= 0.6 is 11.6 Å². The molecule has 0 spiro atoms. The van der Waals surface area contributed by atoms with Crippen LogP contribution in [0.4, 0.5) is 8.78 Å². The predicted octanol–water partition coefficient (Wildman–Crippen LogP) is 1.08. The lowest BCUT2D eigenvalue weighted by atomic mass is 10.0. The van der Waals surface area contributed by atoms with Gasteiger partial charge in [0.05, 0.1) is 17.5 Å². The molecule has 0 aromatic heterocycles. The highest BCUT2D eigenvalue weighted by molar-refractivity contribution is 6.30. The highest BCUT2D eigenvalue weighted by Crippen LogP contribution is 2.22. The first-order valence-corrected chi connectivity index (χ1v) is 6.61. The van der Waals surface area contributed by atoms with Crippen LogP contribution in [0.2, 0.25) is 5.02 Å². The van der Waals surface area contributed by atoms with Crippen LogP contribution in [0.5, 0.6) is 0 Å². The van der Waals surface area contributed by atoms with Gasteiger partial charge in [-0.3, -0.25) is 4.79 Å². The van der Waals surface area contributed by atoms with Gasteiger partial charge in [-0.05, 0) is 18.6 Å². The summed E-state index contributed by atoms with van der Waals surface area (Å²) in [6, 6.07) is 1.75. The van der Waals surface area contributed by atoms with E-state index in [1.807, 2.05) is 0 Å². The molecule has 0 aliphatic carbocycles. The molecule has 110 valence electrons. The van der Waals surface area contributed by atoms with Gasteiger partial charge in [0.1, 0.15) is 11.6 Å². The van der Waals surface area contributed by atoms with E-state index in [2.05, 4.69) is 0 Å². The van der Waals surface area contributed by atoms with Crippen molar-refractivity contribution >= 4 is 17.5 Å². The topological polar surface area (TPSA) is 66.6 Å². The zero-order valence-corrected chi connectivity index (χ0v) is 11.4. The molecule has 0 radical (unpaired) electrons. The summed E-state index contributed by atoms with van der Waals surface area (Å²) >= 11 is 5.57. The predicted molar refractivity (Wildman–Crippen MR) is 70.3 cm³/mol. The molecule has 0 unspecified atom stereocenters. The number of aliphatic hydroxyl groups is 1. The molecule has 1 aromatic rings. The van der Waals surface area contributed by atoms with Crippen LogP contribution in [0, 0.1) is 11.6 Å². The van der Waals surface area contributed by atoms with E-state index < -0.39 is 30.1 Å². The minimum absolute atomic E-state index is 0.0732. The van der Waals surface area contributed by atoms with Crippen molar-refractivity contribution < 1.29 is 18.7 Å². The van der Waals surface area contributed by atoms with Crippen LogP contribution in [0.1, 0.15) is 12.0 Å². The van der Waals surface area contributed by atoms with Gasteiger partial charge >= 0.3 is 0 Å². The highest BCUT2D eigenvalue weighted by atomic mass is 35.5. The minimum atomic E-state index is -0.922. The van der Waals surface area contributed by atoms with Gasteiger partial charge < -0.3 is 15.7 Å². The zero-order valence-electron chi connectivity index (χ0n) is 10.7. The van der Waals surface area contributed by atoms with Gasteiger partial charge in [0.2, 0.25) is 5.91 Å². The molecule has 7 heteroatoms. The smallest absolute Gasteiger partial charge is 0.227 e. The van der Waals surface area contributed by atoms with Crippen molar-refractivity contribution in [3.63, 3.8) is 0 Å². The molecule has 2 atom stereocenters. The van der Waals surface area contributed by atoms with E-state index in [0.29, 0.717) is 13.0 Å². The maximum atomic E-state index is 13.7. The van der Waals surface area contributed by atoms with E-state index in [1.54, 1.807) is 0 Å². The summed E-state index contributed by atoms with van der Waals surface area (Å²) in [6.07, 6.45) is -0.796. The second-order valence-electron chi connectivity index (χ2n) is 4.86. The Hall–Kier alpha value is -1.24. The average Bonchev–Trinajstić information content (AvgIpc) is 2.42. The number of benzene rings is 1. The second-order valence-corrected chi connectivity index (χ2v) is 5.27. The third-order valence-electron chi connectivity index (χ3n) is 3.45. The Morgan fingerprint density at radius 3 is 2.85 bits per heavy atom. The Kier molecular flexibility index (Phi) is 4.57. The number of amides is 1. The number of hydrogen-bond donors (Lipinski definition) is 2. The zero-order chi connectivity index (χ0) is 14.9. The Labute approximate surface area is 120 Å². The number of likely N-dealkylation sites (tertiary alicyclic amines) is 1. The van der Waals surface area contributed by atoms with E-state index in [9.17, 15) is 18.7 Å². The molecule has 20 heavy (non-hydrogen) atoms. The van der Waals surface area contributed by atoms with Crippen molar-refractivity contribution in [3.05, 3.63) is 34.4 Å². The van der Waals surface area contributed by atoms with Gasteiger partial charge in [-0.15, -0.1) is 0 Å². The van der Waals surface area contributed by atoms with Crippen LogP contribution in [0.25, 0.3) is 0 Å². The van der Waals surface area contributed by atoms with Crippen LogP contribution < -0.4 is 5.73 Å². The summed E-state index contributed by atoms with van der Waals surface area (Å²) in [5.41, 5.74) is 5.28. The van der Waals surface area contributed by atoms with Gasteiger partial charge in [-0.25, -0.2) is 8.78 Å². The SMILES string of the molecule is N[C@@H]1CCN(C(=O)Cc2c(F)ccc(Cl)c2F)C[C@H]1O. The average molecular weight is 305 g/mol. The van der Waals surface area contributed by atoms with E-state index in [4.69, 9.17) is 17.3 Å². The first-order valence-electron chi connectivity index (χ1n) is 6.24. The molecule has 2 rings (SSSR count). The fourth-order valence-electron chi connectivity index (χ4n) is 2.17. The number of nitrogens with zero attached hydrogens (tertiary/aromatic N) is 1. The molecule has 1 amide bonds. The molecule has 3 N–H and O–H groups in total. The van der Waals surface area contributed by atoms with Gasteiger partial charge in [-0.2, -0.15) is 0 Å². The molecule has 1 aliphatic heterocycles. The first-order chi connectivity index (χ1) is 9.40. The second kappa shape index (κ2) is 6.03. The lowest BCUT2D eigenvalue weighted by Gasteiger charge is -2.34. The number of rotatable bonds is 2. The lowest BCUT2D eigenvalue weighted by molar-refractivity contribution is -0.133. The van der Waals surface area contributed by atoms with Gasteiger partial charge in [-0.1, -0.05) is 11.6 Å². The number of carbonyl (C=O) groups is 1. The summed E-state index contributed by atoms with van der Waals surface area (Å²) in [6.45, 7) is 0.435. The summed E-state index contributed by atoms with van der Waals surface area (Å²) in [5, 5.41) is 9.40. The molecule has 1 fully saturated rings. The van der Waals surface area contributed by atoms with Crippen LogP contribution in [-0.4, -0.2) is 41.1 Å². The molecular weight excluding hydrogens is 290 g/mol. The fourth-order valence-corrected chi connectivity index (χ4v) is 2.35. The molecule has 4 nitrogen and oxygen atoms in total. The van der Waals surface area contributed by atoms with E-state index >= 15 is 0 Å². The van der Waals surface area contributed by atoms with Crippen molar-refractivity contribution in [2.24, 2.45) is 5.73 Å². The van der Waals surface area contributed by atoms with Crippen molar-refractivity contribution in [1.29, 1.82) is 0 Å². The normalized spacial score (nSPS) is 22.9. The maximum absolute atomic E-state index is 13.7. The number of piperidine rings is 1. The minimum Gasteiger partial charge on any atom is -0.390 e. The number of nitrogens with two attached hydrogens (primary N) is 1. The molecular formula is C13H15ClF2N2O2. The van der Waals surface area contributed by atoms with Crippen molar-refractivity contribution in [3.8, 4) is 0 Å². The molecule has 1 saturated heterocycles. The largest absolute Gasteiger partial charge is 0.390 e. The standard InChI is InChI=1S/C13H15ClF2N2O2/c14-8-1-2-9(15)7(13(8)16)5-12(20)18-4-3-10(17)11(19)6-18/h1-2,10-11,19H,3-6,17H2/t10-,11-/m1/s1. The molecule has 0 saturated carbocycles. The summed E-state index contributed by atoms with van der Waals surface area (Å²) in [7, 11) is 0. The van der Waals surface area contributed by atoms with Gasteiger partial charge in [0.15, 0.2) is 0 Å². The van der Waals surface area contributed by atoms with Crippen LogP contribution in [0.3, 0.4) is 0 Å². The number of hydrogen-bond acceptors (Lipinski definition) is 3. The van der Waals surface area contributed by atoms with E-state index in [-0.39, 0.29) is 23.2 Å². The Morgan fingerprint density at radius 2 is 2.20 bits per heavy atom. The number of halogens is 3. The third-order valence-corrected chi connectivity index (χ3v) is 3.75. The van der Waals surface area contributed by atoms with Crippen LogP contribution in [0.15, 0.2) is 12.1 Å². The van der Waals surface area contributed by atoms with Crippen molar-refractivity contribution in [2.75, 3.05) is 13.1 Å². The van der Waals surface area contributed by atoms with Crippen molar-refractivity contribution in [2.45, 2.75) is 25.0 Å².